The summed E-state index contributed by atoms with van der Waals surface area (Å²) in [7, 11) is -4.20. The van der Waals surface area contributed by atoms with Gasteiger partial charge in [0.2, 0.25) is 0 Å². The van der Waals surface area contributed by atoms with Crippen LogP contribution in [0.25, 0.3) is 0 Å². The number of aliphatic hydroxyl groups excluding tert-OH is 1. The highest BCUT2D eigenvalue weighted by molar-refractivity contribution is 7.90. The fourth-order valence-corrected chi connectivity index (χ4v) is 1.79. The number of aliphatic carboxylic acids is 1. The Balaban J connectivity index is 4.35. The van der Waals surface area contributed by atoms with E-state index in [1.807, 2.05) is 0 Å². The molecule has 0 fully saturated rings. The molecule has 0 aromatic heterocycles. The average Bonchev–Trinajstić information content (AvgIpc) is 2.24. The molecule has 4 N–H and O–H groups in total. The van der Waals surface area contributed by atoms with Gasteiger partial charge >= 0.3 is 12.1 Å². The largest absolute Gasteiger partial charge is 0.480 e. The van der Waals surface area contributed by atoms with Gasteiger partial charge < -0.3 is 15.9 Å². The van der Waals surface area contributed by atoms with E-state index in [0.29, 0.717) is 6.21 Å². The summed E-state index contributed by atoms with van der Waals surface area (Å²) in [6.07, 6.45) is -8.37. The highest BCUT2D eigenvalue weighted by atomic mass is 32.2. The molecule has 0 aliphatic rings. The van der Waals surface area contributed by atoms with Crippen LogP contribution < -0.4 is 5.73 Å². The van der Waals surface area contributed by atoms with Gasteiger partial charge in [-0.3, -0.25) is 4.79 Å². The van der Waals surface area contributed by atoms with Crippen molar-refractivity contribution in [1.82, 2.24) is 0 Å². The molecule has 0 aliphatic carbocycles. The molecule has 0 rings (SSSR count). The predicted molar refractivity (Wildman–Crippen MR) is 59.2 cm³/mol. The van der Waals surface area contributed by atoms with Crippen LogP contribution in [0.15, 0.2) is 4.40 Å². The number of sulfonamides is 1. The molecular weight excluding hydrogens is 293 g/mol. The Bertz CT molecular complexity index is 434. The smallest absolute Gasteiger partial charge is 0.414 e. The molecule has 0 saturated carbocycles. The Kier molecular flexibility index (Phi) is 6.39. The number of alkyl halides is 3. The van der Waals surface area contributed by atoms with Crippen LogP contribution in [0.4, 0.5) is 13.2 Å². The molecule has 0 spiro atoms. The zero-order chi connectivity index (χ0) is 15.3. The first-order chi connectivity index (χ1) is 8.46. The lowest BCUT2D eigenvalue weighted by atomic mass is 10.2. The van der Waals surface area contributed by atoms with Crippen LogP contribution in [0.5, 0.6) is 0 Å². The Morgan fingerprint density at radius 2 is 1.95 bits per heavy atom. The number of rotatable bonds is 7. The van der Waals surface area contributed by atoms with Crippen molar-refractivity contribution in [3.63, 3.8) is 0 Å². The van der Waals surface area contributed by atoms with Gasteiger partial charge in [-0.15, -0.1) is 0 Å². The van der Waals surface area contributed by atoms with Crippen molar-refractivity contribution in [2.45, 2.75) is 31.2 Å². The van der Waals surface area contributed by atoms with E-state index in [4.69, 9.17) is 15.9 Å². The number of aliphatic hydroxyl groups is 1. The molecule has 0 saturated heterocycles. The second-order valence-corrected chi connectivity index (χ2v) is 5.38. The number of hydrogen-bond donors (Lipinski definition) is 3. The number of carboxylic acid groups (broad SMARTS) is 1. The van der Waals surface area contributed by atoms with Gasteiger partial charge in [-0.1, -0.05) is 0 Å². The van der Waals surface area contributed by atoms with E-state index in [9.17, 15) is 26.4 Å². The van der Waals surface area contributed by atoms with Crippen molar-refractivity contribution in [2.75, 3.05) is 5.75 Å². The third-order valence-electron chi connectivity index (χ3n) is 1.94. The van der Waals surface area contributed by atoms with E-state index in [-0.39, 0.29) is 6.42 Å². The van der Waals surface area contributed by atoms with E-state index in [2.05, 4.69) is 4.40 Å². The standard InChI is InChI=1S/C8H13F3N2O5S/c9-8(10,11)6(14)2-4-19(17,18)13-3-1-5(12)7(15)16/h3,5-6,14H,1-2,4,12H2,(H,15,16)/t5-,6?/m0/s1. The van der Waals surface area contributed by atoms with Crippen LogP contribution in [-0.2, 0) is 14.8 Å². The van der Waals surface area contributed by atoms with Crippen molar-refractivity contribution < 1.29 is 36.6 Å². The van der Waals surface area contributed by atoms with Crippen LogP contribution >= 0.6 is 0 Å². The first-order valence-electron chi connectivity index (χ1n) is 4.95. The van der Waals surface area contributed by atoms with Crippen molar-refractivity contribution in [1.29, 1.82) is 0 Å². The van der Waals surface area contributed by atoms with E-state index in [0.717, 1.165) is 0 Å². The van der Waals surface area contributed by atoms with Crippen LogP contribution in [-0.4, -0.2) is 54.9 Å². The molecule has 19 heavy (non-hydrogen) atoms. The molecule has 0 heterocycles. The monoisotopic (exact) mass is 306 g/mol. The molecule has 11 heteroatoms. The topological polar surface area (TPSA) is 130 Å². The fraction of sp³-hybridized carbons (Fsp3) is 0.750. The van der Waals surface area contributed by atoms with Gasteiger partial charge in [0.25, 0.3) is 10.0 Å². The summed E-state index contributed by atoms with van der Waals surface area (Å²) in [5, 5.41) is 17.0. The maximum absolute atomic E-state index is 11.9. The van der Waals surface area contributed by atoms with Crippen molar-refractivity contribution in [3.8, 4) is 0 Å². The summed E-state index contributed by atoms with van der Waals surface area (Å²) in [4.78, 5) is 10.3. The van der Waals surface area contributed by atoms with E-state index in [1.54, 1.807) is 0 Å². The fourth-order valence-electron chi connectivity index (χ4n) is 0.848. The third kappa shape index (κ3) is 7.74. The number of nitrogens with zero attached hydrogens (tertiary/aromatic N) is 1. The first-order valence-corrected chi connectivity index (χ1v) is 6.56. The number of carboxylic acids is 1. The summed E-state index contributed by atoms with van der Waals surface area (Å²) < 4.78 is 61.0. The van der Waals surface area contributed by atoms with Gasteiger partial charge in [-0.25, -0.2) is 8.42 Å². The minimum absolute atomic E-state index is 0.379. The second kappa shape index (κ2) is 6.82. The van der Waals surface area contributed by atoms with Gasteiger partial charge in [0.05, 0.1) is 5.75 Å². The highest BCUT2D eigenvalue weighted by Crippen LogP contribution is 2.22. The van der Waals surface area contributed by atoms with Gasteiger partial charge in [0.15, 0.2) is 6.10 Å². The minimum Gasteiger partial charge on any atom is -0.480 e. The number of carbonyl (C=O) groups is 1. The maximum atomic E-state index is 11.9. The lowest BCUT2D eigenvalue weighted by Crippen LogP contribution is -2.31. The molecule has 0 amide bonds. The lowest BCUT2D eigenvalue weighted by Gasteiger charge is -2.13. The van der Waals surface area contributed by atoms with Crippen molar-refractivity contribution in [2.24, 2.45) is 10.1 Å². The number of hydrogen-bond acceptors (Lipinski definition) is 5. The van der Waals surface area contributed by atoms with Crippen molar-refractivity contribution in [3.05, 3.63) is 0 Å². The molecule has 0 aromatic rings. The van der Waals surface area contributed by atoms with Crippen LogP contribution in [0.2, 0.25) is 0 Å². The Morgan fingerprint density at radius 1 is 1.42 bits per heavy atom. The van der Waals surface area contributed by atoms with Crippen LogP contribution in [0.1, 0.15) is 12.8 Å². The molecule has 0 aromatic carbocycles. The zero-order valence-electron chi connectivity index (χ0n) is 9.54. The van der Waals surface area contributed by atoms with Gasteiger partial charge in [-0.2, -0.15) is 17.6 Å². The average molecular weight is 306 g/mol. The third-order valence-corrected chi connectivity index (χ3v) is 3.16. The number of nitrogens with two attached hydrogens (primary N) is 1. The van der Waals surface area contributed by atoms with Crippen LogP contribution in [0.3, 0.4) is 0 Å². The van der Waals surface area contributed by atoms with E-state index in [1.165, 1.54) is 0 Å². The minimum atomic E-state index is -4.90. The molecule has 0 radical (unpaired) electrons. The summed E-state index contributed by atoms with van der Waals surface area (Å²) in [5.74, 6) is -2.37. The van der Waals surface area contributed by atoms with Gasteiger partial charge in [0, 0.05) is 12.6 Å². The molecule has 0 bridgehead atoms. The summed E-state index contributed by atoms with van der Waals surface area (Å²) in [6.45, 7) is 0. The Morgan fingerprint density at radius 3 is 2.37 bits per heavy atom. The van der Waals surface area contributed by atoms with E-state index < -0.39 is 46.5 Å². The zero-order valence-corrected chi connectivity index (χ0v) is 10.4. The SMILES string of the molecule is N[C@@H](CC=NS(=O)(=O)CCC(O)C(F)(F)F)C(=O)O. The summed E-state index contributed by atoms with van der Waals surface area (Å²) in [6, 6.07) is -1.35. The molecule has 0 aliphatic heterocycles. The maximum Gasteiger partial charge on any atom is 0.414 e. The Hall–Kier alpha value is -1.20. The van der Waals surface area contributed by atoms with Gasteiger partial charge in [0.1, 0.15) is 6.04 Å². The molecule has 2 atom stereocenters. The molecule has 7 nitrogen and oxygen atoms in total. The van der Waals surface area contributed by atoms with Crippen molar-refractivity contribution >= 4 is 22.2 Å². The molecule has 112 valence electrons. The van der Waals surface area contributed by atoms with Gasteiger partial charge in [-0.05, 0) is 6.42 Å². The summed E-state index contributed by atoms with van der Waals surface area (Å²) in [5.41, 5.74) is 5.05. The quantitative estimate of drug-likeness (QED) is 0.544. The molecule has 1 unspecified atom stereocenters. The normalized spacial score (nSPS) is 16.5. The number of halogens is 3. The lowest BCUT2D eigenvalue weighted by molar-refractivity contribution is -0.203. The Labute approximate surface area is 107 Å². The van der Waals surface area contributed by atoms with E-state index >= 15 is 0 Å². The highest BCUT2D eigenvalue weighted by Gasteiger charge is 2.38. The first kappa shape index (κ1) is 17.8. The molecular formula is C8H13F3N2O5S. The summed E-state index contributed by atoms with van der Waals surface area (Å²) >= 11 is 0. The van der Waals surface area contributed by atoms with Crippen LogP contribution in [0, 0.1) is 0 Å². The second-order valence-electron chi connectivity index (χ2n) is 3.60. The predicted octanol–water partition coefficient (Wildman–Crippen LogP) is -0.498.